The summed E-state index contributed by atoms with van der Waals surface area (Å²) in [6.45, 7) is -0.00443. The Balaban J connectivity index is 1.92. The van der Waals surface area contributed by atoms with Crippen LogP contribution in [0.4, 0.5) is 4.79 Å². The average Bonchev–Trinajstić information content (AvgIpc) is 2.64. The van der Waals surface area contributed by atoms with E-state index >= 15 is 0 Å². The third-order valence-electron chi connectivity index (χ3n) is 3.97. The Morgan fingerprint density at radius 1 is 1.04 bits per heavy atom. The molecule has 138 valence electrons. The number of urea groups is 1. The van der Waals surface area contributed by atoms with Gasteiger partial charge in [-0.15, -0.1) is 0 Å². The van der Waals surface area contributed by atoms with Gasteiger partial charge in [-0.2, -0.15) is 0 Å². The van der Waals surface area contributed by atoms with Gasteiger partial charge in [0.15, 0.2) is 0 Å². The van der Waals surface area contributed by atoms with Crippen molar-refractivity contribution in [3.05, 3.63) is 69.2 Å². The first kappa shape index (κ1) is 18.9. The zero-order chi connectivity index (χ0) is 19.6. The smallest absolute Gasteiger partial charge is 0.331 e. The van der Waals surface area contributed by atoms with Crippen LogP contribution in [0.5, 0.6) is 5.75 Å². The first-order chi connectivity index (χ1) is 12.9. The van der Waals surface area contributed by atoms with Crippen molar-refractivity contribution in [3.63, 3.8) is 0 Å². The number of nitrogens with one attached hydrogen (secondary N) is 1. The Bertz CT molecular complexity index is 934. The van der Waals surface area contributed by atoms with Gasteiger partial charge in [0.2, 0.25) is 0 Å². The molecule has 0 aromatic heterocycles. The summed E-state index contributed by atoms with van der Waals surface area (Å²) in [4.78, 5) is 38.0. The standard InChI is InChI=1S/C19H14Cl2N2O4/c1-27-12-7-5-11(6-8-12)10-23-18(25)14(17(24)22-19(23)26)9-13-15(20)3-2-4-16(13)21/h2-9H,10H2,1H3,(H,22,24,26)/b14-9-. The summed E-state index contributed by atoms with van der Waals surface area (Å²) in [6, 6.07) is 10.9. The van der Waals surface area contributed by atoms with Crippen LogP contribution in [0.1, 0.15) is 11.1 Å². The molecule has 2 aromatic rings. The summed E-state index contributed by atoms with van der Waals surface area (Å²) >= 11 is 12.2. The molecule has 0 unspecified atom stereocenters. The van der Waals surface area contributed by atoms with Crippen LogP contribution in [-0.2, 0) is 16.1 Å². The SMILES string of the molecule is COc1ccc(CN2C(=O)NC(=O)/C(=C/c3c(Cl)cccc3Cl)C2=O)cc1. The molecule has 2 aromatic carbocycles. The molecule has 1 heterocycles. The molecule has 1 aliphatic heterocycles. The lowest BCUT2D eigenvalue weighted by Crippen LogP contribution is -2.53. The van der Waals surface area contributed by atoms with Gasteiger partial charge in [0.05, 0.1) is 13.7 Å². The maximum atomic E-state index is 12.8. The highest BCUT2D eigenvalue weighted by Gasteiger charge is 2.35. The third kappa shape index (κ3) is 3.97. The fourth-order valence-corrected chi connectivity index (χ4v) is 3.05. The molecular formula is C19H14Cl2N2O4. The van der Waals surface area contributed by atoms with Gasteiger partial charge in [-0.05, 0) is 35.9 Å². The number of methoxy groups -OCH3 is 1. The molecule has 3 rings (SSSR count). The number of barbiturate groups is 1. The van der Waals surface area contributed by atoms with Crippen molar-refractivity contribution in [3.8, 4) is 5.75 Å². The number of carbonyl (C=O) groups is 3. The maximum absolute atomic E-state index is 12.8. The monoisotopic (exact) mass is 404 g/mol. The minimum Gasteiger partial charge on any atom is -0.497 e. The van der Waals surface area contributed by atoms with Crippen molar-refractivity contribution in [1.82, 2.24) is 10.2 Å². The Morgan fingerprint density at radius 3 is 2.26 bits per heavy atom. The van der Waals surface area contributed by atoms with Crippen molar-refractivity contribution in [2.75, 3.05) is 7.11 Å². The first-order valence-electron chi connectivity index (χ1n) is 7.86. The maximum Gasteiger partial charge on any atom is 0.331 e. The van der Waals surface area contributed by atoms with Crippen molar-refractivity contribution in [2.24, 2.45) is 0 Å². The van der Waals surface area contributed by atoms with E-state index in [-0.39, 0.29) is 22.2 Å². The van der Waals surface area contributed by atoms with Gasteiger partial charge in [-0.1, -0.05) is 41.4 Å². The van der Waals surface area contributed by atoms with Gasteiger partial charge < -0.3 is 4.74 Å². The van der Waals surface area contributed by atoms with Crippen molar-refractivity contribution in [1.29, 1.82) is 0 Å². The molecule has 6 nitrogen and oxygen atoms in total. The number of benzene rings is 2. The summed E-state index contributed by atoms with van der Waals surface area (Å²) in [5.74, 6) is -0.875. The van der Waals surface area contributed by atoms with Crippen LogP contribution < -0.4 is 10.1 Å². The quantitative estimate of drug-likeness (QED) is 0.622. The Labute approximate surface area is 165 Å². The van der Waals surface area contributed by atoms with Crippen LogP contribution in [0.15, 0.2) is 48.0 Å². The number of imide groups is 2. The predicted octanol–water partition coefficient (Wildman–Crippen LogP) is 3.66. The second-order valence-corrected chi connectivity index (χ2v) is 6.51. The molecule has 0 saturated carbocycles. The Hall–Kier alpha value is -2.83. The van der Waals surface area contributed by atoms with Crippen LogP contribution in [0.25, 0.3) is 6.08 Å². The third-order valence-corrected chi connectivity index (χ3v) is 4.63. The van der Waals surface area contributed by atoms with E-state index in [9.17, 15) is 14.4 Å². The number of ether oxygens (including phenoxy) is 1. The molecule has 1 aliphatic rings. The lowest BCUT2D eigenvalue weighted by Gasteiger charge is -2.26. The van der Waals surface area contributed by atoms with Crippen LogP contribution in [0.3, 0.4) is 0 Å². The second kappa shape index (κ2) is 7.82. The molecule has 27 heavy (non-hydrogen) atoms. The highest BCUT2D eigenvalue weighted by Crippen LogP contribution is 2.28. The van der Waals surface area contributed by atoms with Crippen molar-refractivity contribution in [2.45, 2.75) is 6.54 Å². The normalized spacial score (nSPS) is 15.9. The molecule has 0 bridgehead atoms. The largest absolute Gasteiger partial charge is 0.497 e. The van der Waals surface area contributed by atoms with Gasteiger partial charge in [0, 0.05) is 15.6 Å². The summed E-state index contributed by atoms with van der Waals surface area (Å²) in [7, 11) is 1.54. The zero-order valence-electron chi connectivity index (χ0n) is 14.2. The number of rotatable bonds is 4. The number of carbonyl (C=O) groups excluding carboxylic acids is 3. The minimum absolute atomic E-state index is 0.00443. The second-order valence-electron chi connectivity index (χ2n) is 5.69. The lowest BCUT2D eigenvalue weighted by molar-refractivity contribution is -0.130. The van der Waals surface area contributed by atoms with Gasteiger partial charge in [0.1, 0.15) is 11.3 Å². The first-order valence-corrected chi connectivity index (χ1v) is 8.62. The topological polar surface area (TPSA) is 75.7 Å². The van der Waals surface area contributed by atoms with Gasteiger partial charge in [0.25, 0.3) is 11.8 Å². The molecule has 8 heteroatoms. The lowest BCUT2D eigenvalue weighted by atomic mass is 10.1. The molecule has 1 fully saturated rings. The average molecular weight is 405 g/mol. The van der Waals surface area contributed by atoms with E-state index in [1.165, 1.54) is 6.08 Å². The number of hydrogen-bond donors (Lipinski definition) is 1. The number of amides is 4. The Kier molecular flexibility index (Phi) is 5.48. The molecular weight excluding hydrogens is 391 g/mol. The van der Waals surface area contributed by atoms with E-state index in [2.05, 4.69) is 5.32 Å². The van der Waals surface area contributed by atoms with Gasteiger partial charge >= 0.3 is 6.03 Å². The molecule has 0 atom stereocenters. The fourth-order valence-electron chi connectivity index (χ4n) is 2.54. The summed E-state index contributed by atoms with van der Waals surface area (Å²) in [5.41, 5.74) is 0.806. The summed E-state index contributed by atoms with van der Waals surface area (Å²) in [6.07, 6.45) is 1.29. The molecule has 0 spiro atoms. The number of halogens is 2. The van der Waals surface area contributed by atoms with Crippen LogP contribution in [0.2, 0.25) is 10.0 Å². The minimum atomic E-state index is -0.799. The van der Waals surface area contributed by atoms with Crippen molar-refractivity contribution >= 4 is 47.1 Å². The predicted molar refractivity (Wildman–Crippen MR) is 102 cm³/mol. The van der Waals surface area contributed by atoms with E-state index < -0.39 is 17.8 Å². The highest BCUT2D eigenvalue weighted by atomic mass is 35.5. The number of hydrogen-bond acceptors (Lipinski definition) is 4. The van der Waals surface area contributed by atoms with Crippen LogP contribution >= 0.6 is 23.2 Å². The van der Waals surface area contributed by atoms with Crippen LogP contribution in [0, 0.1) is 0 Å². The van der Waals surface area contributed by atoms with E-state index in [0.29, 0.717) is 16.9 Å². The summed E-state index contributed by atoms with van der Waals surface area (Å²) < 4.78 is 5.08. The van der Waals surface area contributed by atoms with E-state index in [1.54, 1.807) is 49.6 Å². The number of nitrogens with zero attached hydrogens (tertiary/aromatic N) is 1. The zero-order valence-corrected chi connectivity index (χ0v) is 15.7. The fraction of sp³-hybridized carbons (Fsp3) is 0.105. The highest BCUT2D eigenvalue weighted by molar-refractivity contribution is 6.38. The van der Waals surface area contributed by atoms with Crippen molar-refractivity contribution < 1.29 is 19.1 Å². The van der Waals surface area contributed by atoms with E-state index in [0.717, 1.165) is 4.90 Å². The van der Waals surface area contributed by atoms with E-state index in [4.69, 9.17) is 27.9 Å². The molecule has 0 radical (unpaired) electrons. The molecule has 4 amide bonds. The van der Waals surface area contributed by atoms with Gasteiger partial charge in [-0.3, -0.25) is 19.8 Å². The summed E-state index contributed by atoms with van der Waals surface area (Å²) in [5, 5.41) is 2.73. The molecule has 1 saturated heterocycles. The Morgan fingerprint density at radius 2 is 1.67 bits per heavy atom. The van der Waals surface area contributed by atoms with E-state index in [1.807, 2.05) is 0 Å². The molecule has 1 N–H and O–H groups in total. The molecule has 0 aliphatic carbocycles. The van der Waals surface area contributed by atoms with Crippen LogP contribution in [-0.4, -0.2) is 29.9 Å². The van der Waals surface area contributed by atoms with Gasteiger partial charge in [-0.25, -0.2) is 4.79 Å².